The topological polar surface area (TPSA) is 70.5 Å². The molecule has 0 bridgehead atoms. The molecule has 1 aromatic carbocycles. The molecule has 0 saturated carbocycles. The number of hydrogen-bond donors (Lipinski definition) is 1. The zero-order valence-electron chi connectivity index (χ0n) is 12.3. The number of nitrogens with zero attached hydrogens (tertiary/aromatic N) is 2. The van der Waals surface area contributed by atoms with Gasteiger partial charge in [-0.3, -0.25) is 9.59 Å². The maximum atomic E-state index is 12.1. The van der Waals surface area contributed by atoms with Crippen LogP contribution in [-0.4, -0.2) is 40.0 Å². The third-order valence-corrected chi connectivity index (χ3v) is 4.16. The highest BCUT2D eigenvalue weighted by atomic mass is 35.5. The number of aromatic nitrogens is 1. The Morgan fingerprint density at radius 2 is 2.09 bits per heavy atom. The Hall–Kier alpha value is -2.40. The van der Waals surface area contributed by atoms with Crippen molar-refractivity contribution in [2.45, 2.75) is 6.42 Å². The number of carbonyl (C=O) groups excluding carboxylic acids is 1. The Labute approximate surface area is 138 Å². The van der Waals surface area contributed by atoms with Gasteiger partial charge in [0.05, 0.1) is 17.1 Å². The van der Waals surface area contributed by atoms with Crippen LogP contribution >= 0.6 is 11.6 Å². The summed E-state index contributed by atoms with van der Waals surface area (Å²) in [6.45, 7) is 0.736. The third-order valence-electron chi connectivity index (χ3n) is 3.92. The molecular formula is C17H15ClN2O3. The standard InChI is InChI=1S/C17H15ClN2O3/c18-13-3-1-11-2-4-14(19-15(11)9-13)5-6-16(21)20-8-7-12(10-20)17(22)23/h1-6,9,12H,7-8,10H2,(H,22,23). The predicted octanol–water partition coefficient (Wildman–Crippen LogP) is 2.83. The Bertz CT molecular complexity index is 804. The molecule has 5 nitrogen and oxygen atoms in total. The number of carboxylic acids is 1. The summed E-state index contributed by atoms with van der Waals surface area (Å²) in [5, 5.41) is 10.6. The molecule has 2 heterocycles. The van der Waals surface area contributed by atoms with Gasteiger partial charge in [-0.05, 0) is 30.7 Å². The fourth-order valence-corrected chi connectivity index (χ4v) is 2.79. The van der Waals surface area contributed by atoms with E-state index in [2.05, 4.69) is 4.98 Å². The van der Waals surface area contributed by atoms with E-state index in [0.717, 1.165) is 10.9 Å². The summed E-state index contributed by atoms with van der Waals surface area (Å²) >= 11 is 5.96. The van der Waals surface area contributed by atoms with Crippen LogP contribution in [0.15, 0.2) is 36.4 Å². The number of likely N-dealkylation sites (tertiary alicyclic amines) is 1. The molecule has 1 atom stereocenters. The van der Waals surface area contributed by atoms with E-state index < -0.39 is 11.9 Å². The van der Waals surface area contributed by atoms with E-state index in [1.54, 1.807) is 23.1 Å². The zero-order valence-corrected chi connectivity index (χ0v) is 13.0. The molecule has 2 aromatic rings. The summed E-state index contributed by atoms with van der Waals surface area (Å²) in [5.74, 6) is -1.51. The number of aliphatic carboxylic acids is 1. The largest absolute Gasteiger partial charge is 0.481 e. The Kier molecular flexibility index (Phi) is 4.30. The molecule has 0 spiro atoms. The highest BCUT2D eigenvalue weighted by Crippen LogP contribution is 2.19. The molecule has 1 aliphatic rings. The first-order chi connectivity index (χ1) is 11.0. The lowest BCUT2D eigenvalue weighted by molar-refractivity contribution is -0.141. The lowest BCUT2D eigenvalue weighted by Gasteiger charge is -2.12. The molecule has 118 valence electrons. The number of rotatable bonds is 3. The SMILES string of the molecule is O=C(O)C1CCN(C(=O)C=Cc2ccc3ccc(Cl)cc3n2)C1. The van der Waals surface area contributed by atoms with E-state index in [0.29, 0.717) is 23.7 Å². The van der Waals surface area contributed by atoms with Crippen molar-refractivity contribution in [1.29, 1.82) is 0 Å². The van der Waals surface area contributed by atoms with Crippen molar-refractivity contribution in [3.8, 4) is 0 Å². The van der Waals surface area contributed by atoms with Crippen molar-refractivity contribution in [2.75, 3.05) is 13.1 Å². The van der Waals surface area contributed by atoms with Gasteiger partial charge in [0.2, 0.25) is 5.91 Å². The van der Waals surface area contributed by atoms with Gasteiger partial charge >= 0.3 is 5.97 Å². The van der Waals surface area contributed by atoms with Crippen LogP contribution in [0.1, 0.15) is 12.1 Å². The molecule has 1 saturated heterocycles. The zero-order chi connectivity index (χ0) is 16.4. The fourth-order valence-electron chi connectivity index (χ4n) is 2.62. The quantitative estimate of drug-likeness (QED) is 0.878. The highest BCUT2D eigenvalue weighted by Gasteiger charge is 2.29. The van der Waals surface area contributed by atoms with E-state index in [1.807, 2.05) is 18.2 Å². The van der Waals surface area contributed by atoms with Gasteiger partial charge in [0, 0.05) is 29.6 Å². The first-order valence-corrected chi connectivity index (χ1v) is 7.67. The van der Waals surface area contributed by atoms with Crippen LogP contribution in [0.2, 0.25) is 5.02 Å². The van der Waals surface area contributed by atoms with Crippen molar-refractivity contribution in [1.82, 2.24) is 9.88 Å². The maximum Gasteiger partial charge on any atom is 0.308 e. The van der Waals surface area contributed by atoms with Gasteiger partial charge in [0.25, 0.3) is 0 Å². The van der Waals surface area contributed by atoms with E-state index in [1.165, 1.54) is 6.08 Å². The van der Waals surface area contributed by atoms with Gasteiger partial charge in [0.15, 0.2) is 0 Å². The first-order valence-electron chi connectivity index (χ1n) is 7.29. The van der Waals surface area contributed by atoms with E-state index >= 15 is 0 Å². The minimum Gasteiger partial charge on any atom is -0.481 e. The van der Waals surface area contributed by atoms with Crippen LogP contribution in [0.4, 0.5) is 0 Å². The molecule has 0 aliphatic carbocycles. The minimum absolute atomic E-state index is 0.193. The molecular weight excluding hydrogens is 316 g/mol. The summed E-state index contributed by atoms with van der Waals surface area (Å²) in [6.07, 6.45) is 3.57. The number of pyridine rings is 1. The van der Waals surface area contributed by atoms with E-state index in [4.69, 9.17) is 16.7 Å². The van der Waals surface area contributed by atoms with Crippen LogP contribution in [0.5, 0.6) is 0 Å². The molecule has 6 heteroatoms. The van der Waals surface area contributed by atoms with Crippen molar-refractivity contribution < 1.29 is 14.7 Å². The second kappa shape index (κ2) is 6.38. The molecule has 23 heavy (non-hydrogen) atoms. The molecule has 1 N–H and O–H groups in total. The maximum absolute atomic E-state index is 12.1. The van der Waals surface area contributed by atoms with Crippen molar-refractivity contribution in [3.05, 3.63) is 47.1 Å². The number of amides is 1. The number of carboxylic acid groups (broad SMARTS) is 1. The third kappa shape index (κ3) is 3.51. The minimum atomic E-state index is -0.850. The Morgan fingerprint density at radius 1 is 1.30 bits per heavy atom. The normalized spacial score (nSPS) is 18.0. The number of carbonyl (C=O) groups is 2. The lowest BCUT2D eigenvalue weighted by Crippen LogP contribution is -2.28. The number of benzene rings is 1. The van der Waals surface area contributed by atoms with Gasteiger partial charge in [0.1, 0.15) is 0 Å². The summed E-state index contributed by atoms with van der Waals surface area (Å²) in [4.78, 5) is 29.0. The van der Waals surface area contributed by atoms with Crippen molar-refractivity contribution >= 4 is 40.5 Å². The average Bonchev–Trinajstić information content (AvgIpc) is 3.02. The second-order valence-corrected chi connectivity index (χ2v) is 5.95. The molecule has 1 amide bonds. The van der Waals surface area contributed by atoms with Gasteiger partial charge in [-0.25, -0.2) is 4.98 Å². The van der Waals surface area contributed by atoms with Gasteiger partial charge in [-0.15, -0.1) is 0 Å². The molecule has 1 fully saturated rings. The van der Waals surface area contributed by atoms with Gasteiger partial charge in [-0.1, -0.05) is 23.7 Å². The molecule has 3 rings (SSSR count). The predicted molar refractivity (Wildman–Crippen MR) is 88.1 cm³/mol. The average molecular weight is 331 g/mol. The van der Waals surface area contributed by atoms with Gasteiger partial charge in [-0.2, -0.15) is 0 Å². The Morgan fingerprint density at radius 3 is 2.83 bits per heavy atom. The van der Waals surface area contributed by atoms with Crippen molar-refractivity contribution in [2.24, 2.45) is 5.92 Å². The smallest absolute Gasteiger partial charge is 0.308 e. The number of fused-ring (bicyclic) bond motifs is 1. The van der Waals surface area contributed by atoms with Crippen molar-refractivity contribution in [3.63, 3.8) is 0 Å². The fraction of sp³-hybridized carbons (Fsp3) is 0.235. The lowest BCUT2D eigenvalue weighted by atomic mass is 10.1. The van der Waals surface area contributed by atoms with Crippen LogP contribution < -0.4 is 0 Å². The monoisotopic (exact) mass is 330 g/mol. The molecule has 1 aromatic heterocycles. The van der Waals surface area contributed by atoms with E-state index in [-0.39, 0.29) is 12.5 Å². The molecule has 1 unspecified atom stereocenters. The second-order valence-electron chi connectivity index (χ2n) is 5.51. The number of halogens is 1. The molecule has 1 aliphatic heterocycles. The highest BCUT2D eigenvalue weighted by molar-refractivity contribution is 6.31. The van der Waals surface area contributed by atoms with Gasteiger partial charge < -0.3 is 10.0 Å². The molecule has 0 radical (unpaired) electrons. The Balaban J connectivity index is 1.72. The van der Waals surface area contributed by atoms with Crippen LogP contribution in [0.25, 0.3) is 17.0 Å². The van der Waals surface area contributed by atoms with E-state index in [9.17, 15) is 9.59 Å². The van der Waals surface area contributed by atoms with Crippen LogP contribution in [-0.2, 0) is 9.59 Å². The summed E-state index contributed by atoms with van der Waals surface area (Å²) < 4.78 is 0. The summed E-state index contributed by atoms with van der Waals surface area (Å²) in [7, 11) is 0. The van der Waals surface area contributed by atoms with Crippen LogP contribution in [0.3, 0.4) is 0 Å². The summed E-state index contributed by atoms with van der Waals surface area (Å²) in [6, 6.07) is 9.20. The summed E-state index contributed by atoms with van der Waals surface area (Å²) in [5.41, 5.74) is 1.42. The number of hydrogen-bond acceptors (Lipinski definition) is 3. The van der Waals surface area contributed by atoms with Crippen LogP contribution in [0, 0.1) is 5.92 Å². The first kappa shape index (κ1) is 15.5.